The number of hydrogen-bond acceptors (Lipinski definition) is 1. The number of benzene rings is 2. The summed E-state index contributed by atoms with van der Waals surface area (Å²) in [4.78, 5) is 0. The van der Waals surface area contributed by atoms with E-state index in [2.05, 4.69) is 0 Å². The van der Waals surface area contributed by atoms with Gasteiger partial charge in [0.15, 0.2) is 0 Å². The Morgan fingerprint density at radius 1 is 0.882 bits per heavy atom. The van der Waals surface area contributed by atoms with Gasteiger partial charge in [-0.3, -0.25) is 0 Å². The molecule has 0 amide bonds. The summed E-state index contributed by atoms with van der Waals surface area (Å²) in [5.41, 5.74) is 8.77. The molecule has 1 nitrogen and oxygen atoms in total. The van der Waals surface area contributed by atoms with Crippen LogP contribution in [0, 0.1) is 25.5 Å². The average molecular weight is 233 g/mol. The summed E-state index contributed by atoms with van der Waals surface area (Å²) in [7, 11) is 0. The van der Waals surface area contributed by atoms with Gasteiger partial charge in [0.1, 0.15) is 11.6 Å². The second-order valence-corrected chi connectivity index (χ2v) is 4.15. The zero-order valence-electron chi connectivity index (χ0n) is 9.72. The van der Waals surface area contributed by atoms with Crippen LogP contribution in [-0.2, 0) is 0 Å². The fraction of sp³-hybridized carbons (Fsp3) is 0.143. The van der Waals surface area contributed by atoms with Gasteiger partial charge in [-0.05, 0) is 48.7 Å². The second-order valence-electron chi connectivity index (χ2n) is 4.15. The van der Waals surface area contributed by atoms with Crippen LogP contribution in [0.1, 0.15) is 11.1 Å². The highest BCUT2D eigenvalue weighted by atomic mass is 19.1. The number of rotatable bonds is 1. The van der Waals surface area contributed by atoms with Crippen molar-refractivity contribution in [2.75, 3.05) is 5.73 Å². The molecule has 2 aromatic rings. The van der Waals surface area contributed by atoms with E-state index in [1.54, 1.807) is 25.1 Å². The fourth-order valence-corrected chi connectivity index (χ4v) is 1.72. The molecule has 88 valence electrons. The third-order valence-electron chi connectivity index (χ3n) is 2.83. The molecule has 0 aromatic heterocycles. The molecule has 0 aliphatic carbocycles. The van der Waals surface area contributed by atoms with Crippen molar-refractivity contribution in [1.82, 2.24) is 0 Å². The van der Waals surface area contributed by atoms with Crippen molar-refractivity contribution in [3.8, 4) is 11.1 Å². The lowest BCUT2D eigenvalue weighted by molar-refractivity contribution is 0.579. The van der Waals surface area contributed by atoms with E-state index < -0.39 is 11.6 Å². The Bertz CT molecular complexity index is 577. The zero-order valence-corrected chi connectivity index (χ0v) is 9.72. The van der Waals surface area contributed by atoms with Crippen LogP contribution in [0.15, 0.2) is 30.3 Å². The highest BCUT2D eigenvalue weighted by Gasteiger charge is 2.09. The average Bonchev–Trinajstić information content (AvgIpc) is 2.27. The summed E-state index contributed by atoms with van der Waals surface area (Å²) in [5.74, 6) is -1.09. The van der Waals surface area contributed by atoms with Gasteiger partial charge in [0.05, 0.1) is 0 Å². The van der Waals surface area contributed by atoms with E-state index in [0.717, 1.165) is 11.6 Å². The Kier molecular flexibility index (Phi) is 2.84. The third kappa shape index (κ3) is 2.13. The van der Waals surface area contributed by atoms with Gasteiger partial charge in [-0.25, -0.2) is 8.78 Å². The van der Waals surface area contributed by atoms with Crippen LogP contribution in [0.3, 0.4) is 0 Å². The van der Waals surface area contributed by atoms with Gasteiger partial charge >= 0.3 is 0 Å². The number of aryl methyl sites for hydroxylation is 2. The van der Waals surface area contributed by atoms with Crippen molar-refractivity contribution in [2.45, 2.75) is 13.8 Å². The van der Waals surface area contributed by atoms with Crippen molar-refractivity contribution in [3.05, 3.63) is 53.1 Å². The van der Waals surface area contributed by atoms with Crippen molar-refractivity contribution in [3.63, 3.8) is 0 Å². The van der Waals surface area contributed by atoms with Crippen LogP contribution in [0.5, 0.6) is 0 Å². The van der Waals surface area contributed by atoms with Crippen molar-refractivity contribution >= 4 is 5.69 Å². The molecule has 2 aromatic carbocycles. The molecule has 0 radical (unpaired) electrons. The molecule has 0 unspecified atom stereocenters. The molecule has 0 saturated carbocycles. The number of nitrogens with two attached hydrogens (primary N) is 1. The largest absolute Gasteiger partial charge is 0.399 e. The van der Waals surface area contributed by atoms with Gasteiger partial charge in [-0.15, -0.1) is 0 Å². The van der Waals surface area contributed by atoms with E-state index in [4.69, 9.17) is 5.73 Å². The normalized spacial score (nSPS) is 10.6. The molecule has 0 heterocycles. The SMILES string of the molecule is Cc1cc(-c2cc(C)c(F)cc2F)ccc1N. The lowest BCUT2D eigenvalue weighted by Crippen LogP contribution is -1.93. The monoisotopic (exact) mass is 233 g/mol. The first kappa shape index (κ1) is 11.6. The van der Waals surface area contributed by atoms with Crippen molar-refractivity contribution in [2.24, 2.45) is 0 Å². The molecular formula is C14H13F2N. The van der Waals surface area contributed by atoms with Crippen LogP contribution < -0.4 is 5.73 Å². The summed E-state index contributed by atoms with van der Waals surface area (Å²) in [5, 5.41) is 0. The van der Waals surface area contributed by atoms with E-state index in [9.17, 15) is 8.78 Å². The predicted octanol–water partition coefficient (Wildman–Crippen LogP) is 3.83. The zero-order chi connectivity index (χ0) is 12.6. The Labute approximate surface area is 98.9 Å². The smallest absolute Gasteiger partial charge is 0.133 e. The number of halogens is 2. The van der Waals surface area contributed by atoms with Gasteiger partial charge in [0.25, 0.3) is 0 Å². The Morgan fingerprint density at radius 2 is 1.59 bits per heavy atom. The van der Waals surface area contributed by atoms with E-state index in [1.807, 2.05) is 6.92 Å². The van der Waals surface area contributed by atoms with E-state index in [0.29, 0.717) is 22.4 Å². The maximum Gasteiger partial charge on any atom is 0.133 e. The Hall–Kier alpha value is -1.90. The number of anilines is 1. The molecule has 0 aliphatic rings. The predicted molar refractivity (Wildman–Crippen MR) is 65.7 cm³/mol. The van der Waals surface area contributed by atoms with Gasteiger partial charge in [-0.1, -0.05) is 6.07 Å². The molecule has 2 rings (SSSR count). The van der Waals surface area contributed by atoms with E-state index in [-0.39, 0.29) is 0 Å². The second kappa shape index (κ2) is 4.17. The minimum absolute atomic E-state index is 0.395. The minimum atomic E-state index is -0.558. The van der Waals surface area contributed by atoms with Crippen LogP contribution in [0.2, 0.25) is 0 Å². The Balaban J connectivity index is 2.60. The number of hydrogen-bond donors (Lipinski definition) is 1. The summed E-state index contributed by atoms with van der Waals surface area (Å²) >= 11 is 0. The lowest BCUT2D eigenvalue weighted by Gasteiger charge is -2.08. The summed E-state index contributed by atoms with van der Waals surface area (Å²) in [6.45, 7) is 3.47. The van der Waals surface area contributed by atoms with E-state index >= 15 is 0 Å². The van der Waals surface area contributed by atoms with Crippen LogP contribution >= 0.6 is 0 Å². The third-order valence-corrected chi connectivity index (χ3v) is 2.83. The molecular weight excluding hydrogens is 220 g/mol. The van der Waals surface area contributed by atoms with Crippen LogP contribution in [-0.4, -0.2) is 0 Å². The molecule has 0 fully saturated rings. The van der Waals surface area contributed by atoms with Gasteiger partial charge in [0, 0.05) is 17.3 Å². The molecule has 3 heteroatoms. The maximum atomic E-state index is 13.7. The van der Waals surface area contributed by atoms with Gasteiger partial charge in [0.2, 0.25) is 0 Å². The fourth-order valence-electron chi connectivity index (χ4n) is 1.72. The summed E-state index contributed by atoms with van der Waals surface area (Å²) in [6, 6.07) is 7.68. The van der Waals surface area contributed by atoms with Gasteiger partial charge < -0.3 is 5.73 Å². The Morgan fingerprint density at radius 3 is 2.24 bits per heavy atom. The lowest BCUT2D eigenvalue weighted by atomic mass is 10.00. The minimum Gasteiger partial charge on any atom is -0.399 e. The molecule has 0 bridgehead atoms. The van der Waals surface area contributed by atoms with E-state index in [1.165, 1.54) is 6.07 Å². The molecule has 0 aliphatic heterocycles. The molecule has 0 saturated heterocycles. The number of nitrogen functional groups attached to an aromatic ring is 1. The summed E-state index contributed by atoms with van der Waals surface area (Å²) < 4.78 is 26.8. The van der Waals surface area contributed by atoms with Gasteiger partial charge in [-0.2, -0.15) is 0 Å². The standard InChI is InChI=1S/C14H13F2N/c1-8-6-11(13(16)7-12(8)15)10-3-4-14(17)9(2)5-10/h3-7H,17H2,1-2H3. The molecule has 0 atom stereocenters. The van der Waals surface area contributed by atoms with Crippen molar-refractivity contribution in [1.29, 1.82) is 0 Å². The first-order chi connectivity index (χ1) is 7.99. The molecule has 17 heavy (non-hydrogen) atoms. The highest BCUT2D eigenvalue weighted by molar-refractivity contribution is 5.68. The van der Waals surface area contributed by atoms with Crippen LogP contribution in [0.4, 0.5) is 14.5 Å². The summed E-state index contributed by atoms with van der Waals surface area (Å²) in [6.07, 6.45) is 0. The molecule has 0 spiro atoms. The van der Waals surface area contributed by atoms with Crippen LogP contribution in [0.25, 0.3) is 11.1 Å². The first-order valence-corrected chi connectivity index (χ1v) is 5.31. The quantitative estimate of drug-likeness (QED) is 0.744. The topological polar surface area (TPSA) is 26.0 Å². The molecule has 2 N–H and O–H groups in total. The van der Waals surface area contributed by atoms with Crippen molar-refractivity contribution < 1.29 is 8.78 Å². The first-order valence-electron chi connectivity index (χ1n) is 5.31. The maximum absolute atomic E-state index is 13.7. The highest BCUT2D eigenvalue weighted by Crippen LogP contribution is 2.27.